The highest BCUT2D eigenvalue weighted by atomic mass is 16.5. The Morgan fingerprint density at radius 2 is 1.68 bits per heavy atom. The second kappa shape index (κ2) is 6.77. The summed E-state index contributed by atoms with van der Waals surface area (Å²) < 4.78 is 11.0. The van der Waals surface area contributed by atoms with Gasteiger partial charge in [0.05, 0.1) is 14.2 Å². The molecule has 0 spiro atoms. The normalized spacial score (nSPS) is 16.5. The smallest absolute Gasteiger partial charge is 0.161 e. The van der Waals surface area contributed by atoms with Gasteiger partial charge in [0.1, 0.15) is 0 Å². The van der Waals surface area contributed by atoms with Crippen molar-refractivity contribution < 1.29 is 9.47 Å². The fourth-order valence-corrected chi connectivity index (χ4v) is 3.75. The predicted octanol–water partition coefficient (Wildman–Crippen LogP) is 4.29. The topological polar surface area (TPSA) is 30.5 Å². The minimum Gasteiger partial charge on any atom is -0.493 e. The lowest BCUT2D eigenvalue weighted by molar-refractivity contribution is 0.352. The molecule has 4 rings (SSSR count). The van der Waals surface area contributed by atoms with Gasteiger partial charge in [0.25, 0.3) is 0 Å². The summed E-state index contributed by atoms with van der Waals surface area (Å²) in [6.07, 6.45) is 1.98. The maximum atomic E-state index is 5.51. The molecule has 0 amide bonds. The van der Waals surface area contributed by atoms with Crippen LogP contribution in [0, 0.1) is 0 Å². The number of methoxy groups -OCH3 is 2. The Bertz CT molecular complexity index is 904. The van der Waals surface area contributed by atoms with Gasteiger partial charge in [-0.1, -0.05) is 42.5 Å². The van der Waals surface area contributed by atoms with Gasteiger partial charge in [-0.3, -0.25) is 0 Å². The third kappa shape index (κ3) is 3.08. The Morgan fingerprint density at radius 3 is 2.48 bits per heavy atom. The fraction of sp³-hybridized carbons (Fsp3) is 0.273. The van der Waals surface area contributed by atoms with Crippen LogP contribution in [0.15, 0.2) is 54.6 Å². The molecule has 0 bridgehead atoms. The molecule has 3 nitrogen and oxygen atoms in total. The first kappa shape index (κ1) is 16.0. The lowest BCUT2D eigenvalue weighted by Gasteiger charge is -2.28. The van der Waals surface area contributed by atoms with E-state index in [0.29, 0.717) is 6.04 Å². The summed E-state index contributed by atoms with van der Waals surface area (Å²) in [5.41, 5.74) is 4.01. The monoisotopic (exact) mass is 333 g/mol. The lowest BCUT2D eigenvalue weighted by Crippen LogP contribution is -2.31. The van der Waals surface area contributed by atoms with Crippen LogP contribution >= 0.6 is 0 Å². The van der Waals surface area contributed by atoms with E-state index in [0.717, 1.165) is 30.9 Å². The molecule has 1 N–H and O–H groups in total. The number of nitrogens with one attached hydrogen (secondary N) is 1. The molecule has 25 heavy (non-hydrogen) atoms. The van der Waals surface area contributed by atoms with Crippen molar-refractivity contribution in [3.05, 3.63) is 71.3 Å². The summed E-state index contributed by atoms with van der Waals surface area (Å²) in [4.78, 5) is 0. The van der Waals surface area contributed by atoms with Gasteiger partial charge in [0.15, 0.2) is 11.5 Å². The molecule has 1 aliphatic heterocycles. The minimum atomic E-state index is 0.296. The molecule has 0 unspecified atom stereocenters. The van der Waals surface area contributed by atoms with Gasteiger partial charge in [-0.05, 0) is 59.0 Å². The molecule has 1 heterocycles. The molecule has 0 radical (unpaired) electrons. The third-order valence-corrected chi connectivity index (χ3v) is 5.06. The van der Waals surface area contributed by atoms with Crippen LogP contribution in [0.3, 0.4) is 0 Å². The average Bonchev–Trinajstić information content (AvgIpc) is 2.67. The van der Waals surface area contributed by atoms with Crippen molar-refractivity contribution in [3.8, 4) is 11.5 Å². The molecule has 3 heteroatoms. The highest BCUT2D eigenvalue weighted by molar-refractivity contribution is 5.83. The van der Waals surface area contributed by atoms with E-state index in [1.54, 1.807) is 14.2 Å². The van der Waals surface area contributed by atoms with E-state index < -0.39 is 0 Å². The number of fused-ring (bicyclic) bond motifs is 2. The summed E-state index contributed by atoms with van der Waals surface area (Å²) >= 11 is 0. The molecule has 3 aromatic carbocycles. The van der Waals surface area contributed by atoms with Crippen LogP contribution in [0.4, 0.5) is 0 Å². The van der Waals surface area contributed by atoms with Crippen LogP contribution in [0.5, 0.6) is 11.5 Å². The first-order valence-corrected chi connectivity index (χ1v) is 8.74. The summed E-state index contributed by atoms with van der Waals surface area (Å²) in [5.74, 6) is 1.61. The van der Waals surface area contributed by atoms with Gasteiger partial charge in [-0.25, -0.2) is 0 Å². The van der Waals surface area contributed by atoms with Gasteiger partial charge >= 0.3 is 0 Å². The zero-order valence-electron chi connectivity index (χ0n) is 14.7. The SMILES string of the molecule is COc1cc2c(cc1OC)[C@@H](Cc1ccc3ccccc3c1)NCC2. The minimum absolute atomic E-state index is 0.296. The van der Waals surface area contributed by atoms with Crippen molar-refractivity contribution in [2.45, 2.75) is 18.9 Å². The zero-order chi connectivity index (χ0) is 17.2. The molecule has 128 valence electrons. The quantitative estimate of drug-likeness (QED) is 0.773. The molecular formula is C22H23NO2. The van der Waals surface area contributed by atoms with Crippen molar-refractivity contribution >= 4 is 10.8 Å². The standard InChI is InChI=1S/C22H23NO2/c1-24-21-13-18-9-10-23-20(19(18)14-22(21)25-2)12-15-7-8-16-5-3-4-6-17(16)11-15/h3-8,11,13-14,20,23H,9-10,12H2,1-2H3/t20-/m1/s1. The summed E-state index contributed by atoms with van der Waals surface area (Å²) in [7, 11) is 3.39. The Balaban J connectivity index is 1.67. The summed E-state index contributed by atoms with van der Waals surface area (Å²) in [6, 6.07) is 19.8. The van der Waals surface area contributed by atoms with Crippen molar-refractivity contribution in [2.75, 3.05) is 20.8 Å². The molecule has 0 aromatic heterocycles. The molecular weight excluding hydrogens is 310 g/mol. The van der Waals surface area contributed by atoms with Crippen LogP contribution in [-0.2, 0) is 12.8 Å². The Labute approximate surface area is 148 Å². The van der Waals surface area contributed by atoms with Crippen LogP contribution < -0.4 is 14.8 Å². The fourth-order valence-electron chi connectivity index (χ4n) is 3.75. The van der Waals surface area contributed by atoms with Gasteiger partial charge in [0.2, 0.25) is 0 Å². The van der Waals surface area contributed by atoms with E-state index in [1.807, 2.05) is 0 Å². The highest BCUT2D eigenvalue weighted by Gasteiger charge is 2.22. The summed E-state index contributed by atoms with van der Waals surface area (Å²) in [5, 5.41) is 6.25. The van der Waals surface area contributed by atoms with Crippen molar-refractivity contribution in [2.24, 2.45) is 0 Å². The lowest BCUT2D eigenvalue weighted by atomic mass is 9.89. The number of ether oxygens (including phenoxy) is 2. The Hall–Kier alpha value is -2.52. The van der Waals surface area contributed by atoms with Gasteiger partial charge in [-0.2, -0.15) is 0 Å². The third-order valence-electron chi connectivity index (χ3n) is 5.06. The van der Waals surface area contributed by atoms with Gasteiger partial charge in [-0.15, -0.1) is 0 Å². The largest absolute Gasteiger partial charge is 0.493 e. The number of rotatable bonds is 4. The predicted molar refractivity (Wildman–Crippen MR) is 102 cm³/mol. The van der Waals surface area contributed by atoms with E-state index >= 15 is 0 Å². The second-order valence-electron chi connectivity index (χ2n) is 6.55. The molecule has 0 fully saturated rings. The highest BCUT2D eigenvalue weighted by Crippen LogP contribution is 2.36. The van der Waals surface area contributed by atoms with Crippen LogP contribution in [0.1, 0.15) is 22.7 Å². The summed E-state index contributed by atoms with van der Waals surface area (Å²) in [6.45, 7) is 0.987. The molecule has 1 atom stereocenters. The molecule has 0 saturated carbocycles. The van der Waals surface area contributed by atoms with E-state index in [1.165, 1.54) is 27.5 Å². The average molecular weight is 333 g/mol. The van der Waals surface area contributed by atoms with E-state index in [2.05, 4.69) is 59.9 Å². The van der Waals surface area contributed by atoms with Crippen LogP contribution in [-0.4, -0.2) is 20.8 Å². The molecule has 1 aliphatic rings. The number of benzene rings is 3. The van der Waals surface area contributed by atoms with Crippen LogP contribution in [0.25, 0.3) is 10.8 Å². The van der Waals surface area contributed by atoms with E-state index in [9.17, 15) is 0 Å². The second-order valence-corrected chi connectivity index (χ2v) is 6.55. The van der Waals surface area contributed by atoms with Crippen molar-refractivity contribution in [3.63, 3.8) is 0 Å². The van der Waals surface area contributed by atoms with Crippen LogP contribution in [0.2, 0.25) is 0 Å². The first-order valence-electron chi connectivity index (χ1n) is 8.74. The van der Waals surface area contributed by atoms with Crippen molar-refractivity contribution in [1.29, 1.82) is 0 Å². The van der Waals surface area contributed by atoms with Crippen molar-refractivity contribution in [1.82, 2.24) is 5.32 Å². The Kier molecular flexibility index (Phi) is 4.33. The van der Waals surface area contributed by atoms with Gasteiger partial charge in [0, 0.05) is 6.04 Å². The first-order chi connectivity index (χ1) is 12.3. The molecule has 0 saturated heterocycles. The molecule has 3 aromatic rings. The number of hydrogen-bond donors (Lipinski definition) is 1. The zero-order valence-corrected chi connectivity index (χ0v) is 14.7. The van der Waals surface area contributed by atoms with E-state index in [-0.39, 0.29) is 0 Å². The van der Waals surface area contributed by atoms with Gasteiger partial charge < -0.3 is 14.8 Å². The number of hydrogen-bond acceptors (Lipinski definition) is 3. The maximum Gasteiger partial charge on any atom is 0.161 e. The maximum absolute atomic E-state index is 5.51. The Morgan fingerprint density at radius 1 is 0.920 bits per heavy atom. The molecule has 0 aliphatic carbocycles. The van der Waals surface area contributed by atoms with E-state index in [4.69, 9.17) is 9.47 Å².